The Kier molecular flexibility index (Phi) is 5.32. The van der Waals surface area contributed by atoms with Crippen molar-refractivity contribution < 1.29 is 27.6 Å². The van der Waals surface area contributed by atoms with Gasteiger partial charge in [-0.05, 0) is 52.2 Å². The molecule has 1 fully saturated rings. The first-order chi connectivity index (χ1) is 11.0. The van der Waals surface area contributed by atoms with Crippen LogP contribution in [-0.2, 0) is 18.8 Å². The van der Waals surface area contributed by atoms with Gasteiger partial charge in [-0.2, -0.15) is 0 Å². The molecule has 0 radical (unpaired) electrons. The Morgan fingerprint density at radius 2 is 1.62 bits per heavy atom. The fourth-order valence-electron chi connectivity index (χ4n) is 2.20. The van der Waals surface area contributed by atoms with Gasteiger partial charge >= 0.3 is 13.1 Å². The van der Waals surface area contributed by atoms with Crippen molar-refractivity contribution in [3.8, 4) is 0 Å². The summed E-state index contributed by atoms with van der Waals surface area (Å²) in [5, 5.41) is -0.721. The summed E-state index contributed by atoms with van der Waals surface area (Å²) < 4.78 is 44.9. The number of halogens is 2. The highest BCUT2D eigenvalue weighted by Gasteiger charge is 2.52. The van der Waals surface area contributed by atoms with E-state index in [1.807, 2.05) is 27.7 Å². The predicted molar refractivity (Wildman–Crippen MR) is 89.4 cm³/mol. The van der Waals surface area contributed by atoms with E-state index in [2.05, 4.69) is 4.74 Å². The first-order valence-electron chi connectivity index (χ1n) is 7.57. The molecule has 0 bridgehead atoms. The molecule has 0 N–H and O–H groups in total. The quantitative estimate of drug-likeness (QED) is 0.471. The molecule has 0 saturated carbocycles. The number of methoxy groups -OCH3 is 1. The summed E-state index contributed by atoms with van der Waals surface area (Å²) in [4.78, 5) is 11.2. The lowest BCUT2D eigenvalue weighted by molar-refractivity contribution is -0.139. The number of hydrogen-bond acceptors (Lipinski definition) is 5. The molecule has 132 valence electrons. The molecule has 0 aliphatic carbocycles. The third kappa shape index (κ3) is 3.60. The van der Waals surface area contributed by atoms with Crippen LogP contribution in [0, 0.1) is 11.6 Å². The normalized spacial score (nSPS) is 20.1. The van der Waals surface area contributed by atoms with Gasteiger partial charge in [-0.1, -0.05) is 0 Å². The van der Waals surface area contributed by atoms with E-state index in [-0.39, 0.29) is 10.4 Å². The number of hydrogen-bond donors (Lipinski definition) is 0. The molecule has 0 amide bonds. The number of ether oxygens (including phenoxy) is 1. The number of thioether (sulfide) groups is 1. The summed E-state index contributed by atoms with van der Waals surface area (Å²) in [6.07, 6.45) is 0. The van der Waals surface area contributed by atoms with Crippen molar-refractivity contribution in [3.05, 3.63) is 23.8 Å². The lowest BCUT2D eigenvalue weighted by Gasteiger charge is -2.32. The van der Waals surface area contributed by atoms with Gasteiger partial charge in [0.2, 0.25) is 0 Å². The van der Waals surface area contributed by atoms with Crippen molar-refractivity contribution in [2.75, 3.05) is 7.11 Å². The van der Waals surface area contributed by atoms with E-state index in [1.54, 1.807) is 0 Å². The fraction of sp³-hybridized carbons (Fsp3) is 0.562. The molecular formula is C16H21BF2O4S. The Labute approximate surface area is 145 Å². The van der Waals surface area contributed by atoms with E-state index in [0.717, 1.165) is 11.8 Å². The molecule has 0 aromatic heterocycles. The Bertz CT molecular complexity index is 612. The Hall–Kier alpha value is -1.12. The monoisotopic (exact) mass is 358 g/mol. The number of carbonyl (C=O) groups excluding carboxylic acids is 1. The summed E-state index contributed by atoms with van der Waals surface area (Å²) in [6.45, 7) is 8.98. The van der Waals surface area contributed by atoms with Gasteiger partial charge in [-0.25, -0.2) is 8.78 Å². The van der Waals surface area contributed by atoms with Gasteiger partial charge in [0.15, 0.2) is 0 Å². The fourth-order valence-corrected chi connectivity index (χ4v) is 3.09. The van der Waals surface area contributed by atoms with Crippen LogP contribution in [0.5, 0.6) is 0 Å². The molecule has 1 aromatic rings. The Balaban J connectivity index is 2.26. The van der Waals surface area contributed by atoms with E-state index in [0.29, 0.717) is 0 Å². The molecule has 1 heterocycles. The second-order valence-corrected chi connectivity index (χ2v) is 8.04. The van der Waals surface area contributed by atoms with E-state index >= 15 is 0 Å². The molecule has 1 aliphatic heterocycles. The number of esters is 1. The first-order valence-corrected chi connectivity index (χ1v) is 8.45. The molecule has 1 atom stereocenters. The van der Waals surface area contributed by atoms with E-state index in [4.69, 9.17) is 9.31 Å². The highest BCUT2D eigenvalue weighted by atomic mass is 32.2. The average molecular weight is 358 g/mol. The minimum Gasteiger partial charge on any atom is -0.468 e. The van der Waals surface area contributed by atoms with Crippen LogP contribution in [0.25, 0.3) is 0 Å². The van der Waals surface area contributed by atoms with Crippen LogP contribution >= 0.6 is 11.8 Å². The van der Waals surface area contributed by atoms with Gasteiger partial charge in [0.25, 0.3) is 0 Å². The van der Waals surface area contributed by atoms with E-state index in [9.17, 15) is 13.6 Å². The largest absolute Gasteiger partial charge is 0.495 e. The highest BCUT2D eigenvalue weighted by Crippen LogP contribution is 2.37. The Morgan fingerprint density at radius 1 is 1.17 bits per heavy atom. The summed E-state index contributed by atoms with van der Waals surface area (Å²) in [6, 6.07) is 2.36. The molecule has 1 unspecified atom stereocenters. The van der Waals surface area contributed by atoms with Gasteiger partial charge in [0.1, 0.15) is 16.9 Å². The zero-order valence-electron chi connectivity index (χ0n) is 14.6. The van der Waals surface area contributed by atoms with E-state index < -0.39 is 41.2 Å². The van der Waals surface area contributed by atoms with E-state index in [1.165, 1.54) is 26.2 Å². The van der Waals surface area contributed by atoms with Crippen molar-refractivity contribution in [1.29, 1.82) is 0 Å². The number of benzene rings is 1. The van der Waals surface area contributed by atoms with Gasteiger partial charge in [-0.15, -0.1) is 11.8 Å². The molecule has 4 nitrogen and oxygen atoms in total. The van der Waals surface area contributed by atoms with Crippen LogP contribution < -0.4 is 5.46 Å². The summed E-state index contributed by atoms with van der Waals surface area (Å²) in [5.74, 6) is -2.07. The van der Waals surface area contributed by atoms with Crippen molar-refractivity contribution >= 4 is 30.3 Å². The molecule has 2 rings (SSSR count). The third-order valence-corrected chi connectivity index (χ3v) is 5.55. The minimum atomic E-state index is -0.851. The van der Waals surface area contributed by atoms with Crippen molar-refractivity contribution in [2.24, 2.45) is 0 Å². The number of rotatable bonds is 4. The van der Waals surface area contributed by atoms with Crippen LogP contribution in [0.15, 0.2) is 17.0 Å². The van der Waals surface area contributed by atoms with Crippen molar-refractivity contribution in [2.45, 2.75) is 56.0 Å². The van der Waals surface area contributed by atoms with Crippen LogP contribution in [0.4, 0.5) is 8.78 Å². The molecule has 1 saturated heterocycles. The molecule has 24 heavy (non-hydrogen) atoms. The first kappa shape index (κ1) is 19.2. The third-order valence-electron chi connectivity index (χ3n) is 4.37. The lowest BCUT2D eigenvalue weighted by atomic mass is 9.79. The van der Waals surface area contributed by atoms with Gasteiger partial charge < -0.3 is 14.0 Å². The summed E-state index contributed by atoms with van der Waals surface area (Å²) in [7, 11) is 0.379. The summed E-state index contributed by atoms with van der Waals surface area (Å²) in [5.41, 5.74) is -0.937. The highest BCUT2D eigenvalue weighted by molar-refractivity contribution is 8.00. The maximum atomic E-state index is 14.4. The number of carbonyl (C=O) groups is 1. The predicted octanol–water partition coefficient (Wildman–Crippen LogP) is 2.92. The summed E-state index contributed by atoms with van der Waals surface area (Å²) >= 11 is 0.774. The second-order valence-electron chi connectivity index (χ2n) is 6.69. The smallest absolute Gasteiger partial charge is 0.468 e. The van der Waals surface area contributed by atoms with Crippen LogP contribution in [-0.4, -0.2) is 36.6 Å². The maximum Gasteiger partial charge on any atom is 0.495 e. The molecule has 0 spiro atoms. The molecule has 1 aromatic carbocycles. The van der Waals surface area contributed by atoms with Crippen LogP contribution in [0.1, 0.15) is 34.6 Å². The van der Waals surface area contributed by atoms with Gasteiger partial charge in [-0.3, -0.25) is 4.79 Å². The average Bonchev–Trinajstić information content (AvgIpc) is 2.70. The van der Waals surface area contributed by atoms with Gasteiger partial charge in [0.05, 0.1) is 23.2 Å². The van der Waals surface area contributed by atoms with Crippen LogP contribution in [0.2, 0.25) is 0 Å². The molecule has 1 aliphatic rings. The topological polar surface area (TPSA) is 44.8 Å². The second kappa shape index (κ2) is 6.65. The van der Waals surface area contributed by atoms with Crippen molar-refractivity contribution in [3.63, 3.8) is 0 Å². The zero-order chi connectivity index (χ0) is 18.3. The van der Waals surface area contributed by atoms with Gasteiger partial charge in [0, 0.05) is 0 Å². The maximum absolute atomic E-state index is 14.4. The van der Waals surface area contributed by atoms with Crippen molar-refractivity contribution in [1.82, 2.24) is 0 Å². The SMILES string of the molecule is COC(=O)C(C)Sc1c(F)cc(B2OC(C)(C)C(C)(C)O2)cc1F. The standard InChI is InChI=1S/C16H21BF2O4S/c1-9(14(20)21-6)24-13-11(18)7-10(8-12(13)19)17-22-15(2,3)16(4,5)23-17/h7-9H,1-6H3. The van der Waals surface area contributed by atoms with Crippen LogP contribution in [0.3, 0.4) is 0 Å². The Morgan fingerprint density at radius 3 is 2.04 bits per heavy atom. The minimum absolute atomic E-state index is 0.229. The molecular weight excluding hydrogens is 337 g/mol. The zero-order valence-corrected chi connectivity index (χ0v) is 15.4. The lowest BCUT2D eigenvalue weighted by Crippen LogP contribution is -2.41. The molecule has 8 heteroatoms.